The van der Waals surface area contributed by atoms with Crippen LogP contribution in [0, 0.1) is 0 Å². The molecule has 0 aromatic carbocycles. The number of hydrogen-bond acceptors (Lipinski definition) is 4. The van der Waals surface area contributed by atoms with Crippen molar-refractivity contribution in [3.05, 3.63) is 17.6 Å². The molecule has 0 bridgehead atoms. The van der Waals surface area contributed by atoms with Crippen LogP contribution in [0.25, 0.3) is 0 Å². The number of aliphatic carboxylic acids is 1. The van der Waals surface area contributed by atoms with E-state index in [0.717, 1.165) is 55.7 Å². The van der Waals surface area contributed by atoms with Crippen LogP contribution in [0.15, 0.2) is 6.33 Å². The summed E-state index contributed by atoms with van der Waals surface area (Å²) in [6.45, 7) is 2.77. The maximum absolute atomic E-state index is 10.9. The van der Waals surface area contributed by atoms with Crippen LogP contribution in [0.1, 0.15) is 37.4 Å². The first kappa shape index (κ1) is 12.8. The van der Waals surface area contributed by atoms with Crippen LogP contribution in [0.2, 0.25) is 0 Å². The lowest BCUT2D eigenvalue weighted by molar-refractivity contribution is -0.135. The second-order valence-electron chi connectivity index (χ2n) is 4.64. The van der Waals surface area contributed by atoms with Gasteiger partial charge in [-0.1, -0.05) is 6.92 Å². The summed E-state index contributed by atoms with van der Waals surface area (Å²) in [6.07, 6.45) is 6.72. The number of carboxylic acids is 1. The molecule has 18 heavy (non-hydrogen) atoms. The van der Waals surface area contributed by atoms with E-state index in [1.807, 2.05) is 11.8 Å². The number of carbonyl (C=O) groups is 1. The van der Waals surface area contributed by atoms with Gasteiger partial charge >= 0.3 is 5.97 Å². The van der Waals surface area contributed by atoms with E-state index in [-0.39, 0.29) is 6.54 Å². The van der Waals surface area contributed by atoms with Crippen molar-refractivity contribution in [2.75, 3.05) is 18.0 Å². The average Bonchev–Trinajstić information content (AvgIpc) is 2.37. The highest BCUT2D eigenvalue weighted by molar-refractivity contribution is 5.73. The molecule has 5 nitrogen and oxygen atoms in total. The molecule has 0 atom stereocenters. The topological polar surface area (TPSA) is 66.3 Å². The van der Waals surface area contributed by atoms with Crippen molar-refractivity contribution in [3.63, 3.8) is 0 Å². The molecular weight excluding hydrogens is 230 g/mol. The highest BCUT2D eigenvalue weighted by Gasteiger charge is 2.20. The fraction of sp³-hybridized carbons (Fsp3) is 0.615. The molecule has 0 fully saturated rings. The van der Waals surface area contributed by atoms with Gasteiger partial charge in [0.25, 0.3) is 0 Å². The van der Waals surface area contributed by atoms with E-state index in [4.69, 9.17) is 5.11 Å². The van der Waals surface area contributed by atoms with Crippen LogP contribution in [0.5, 0.6) is 0 Å². The molecule has 1 aromatic heterocycles. The third-order valence-corrected chi connectivity index (χ3v) is 3.22. The summed E-state index contributed by atoms with van der Waals surface area (Å²) >= 11 is 0. The van der Waals surface area contributed by atoms with Crippen LogP contribution in [0.4, 0.5) is 5.82 Å². The van der Waals surface area contributed by atoms with E-state index in [2.05, 4.69) is 9.97 Å². The quantitative estimate of drug-likeness (QED) is 0.859. The third-order valence-electron chi connectivity index (χ3n) is 3.22. The van der Waals surface area contributed by atoms with Crippen LogP contribution < -0.4 is 4.90 Å². The Labute approximate surface area is 107 Å². The minimum absolute atomic E-state index is 0.0112. The lowest BCUT2D eigenvalue weighted by Crippen LogP contribution is -2.32. The van der Waals surface area contributed by atoms with Crippen molar-refractivity contribution < 1.29 is 9.90 Å². The van der Waals surface area contributed by atoms with Crippen LogP contribution in [-0.2, 0) is 17.6 Å². The summed E-state index contributed by atoms with van der Waals surface area (Å²) in [7, 11) is 0. The Morgan fingerprint density at radius 2 is 2.17 bits per heavy atom. The summed E-state index contributed by atoms with van der Waals surface area (Å²) in [5.74, 6) is 0.00979. The Morgan fingerprint density at radius 3 is 2.89 bits per heavy atom. The number of hydrogen-bond donors (Lipinski definition) is 1. The molecule has 0 unspecified atom stereocenters. The molecular formula is C13H19N3O2. The summed E-state index contributed by atoms with van der Waals surface area (Å²) in [5.41, 5.74) is 2.25. The SMILES string of the molecule is CCCN(CC(=O)O)c1ncnc2c1CCCC2. The summed E-state index contributed by atoms with van der Waals surface area (Å²) in [5, 5.41) is 8.99. The Kier molecular flexibility index (Phi) is 4.12. The molecule has 0 saturated heterocycles. The van der Waals surface area contributed by atoms with E-state index in [0.29, 0.717) is 0 Å². The molecule has 1 aliphatic carbocycles. The molecule has 0 saturated carbocycles. The van der Waals surface area contributed by atoms with Gasteiger partial charge in [0.1, 0.15) is 18.7 Å². The van der Waals surface area contributed by atoms with Crippen molar-refractivity contribution >= 4 is 11.8 Å². The zero-order valence-electron chi connectivity index (χ0n) is 10.7. The predicted molar refractivity (Wildman–Crippen MR) is 68.8 cm³/mol. The highest BCUT2D eigenvalue weighted by Crippen LogP contribution is 2.27. The Bertz CT molecular complexity index is 434. The molecule has 1 N–H and O–H groups in total. The van der Waals surface area contributed by atoms with Crippen molar-refractivity contribution in [2.24, 2.45) is 0 Å². The maximum Gasteiger partial charge on any atom is 0.323 e. The highest BCUT2D eigenvalue weighted by atomic mass is 16.4. The maximum atomic E-state index is 10.9. The average molecular weight is 249 g/mol. The van der Waals surface area contributed by atoms with Gasteiger partial charge in [0.05, 0.1) is 0 Å². The van der Waals surface area contributed by atoms with E-state index < -0.39 is 5.97 Å². The number of aryl methyl sites for hydroxylation is 1. The zero-order valence-corrected chi connectivity index (χ0v) is 10.7. The minimum Gasteiger partial charge on any atom is -0.480 e. The van der Waals surface area contributed by atoms with E-state index in [1.54, 1.807) is 6.33 Å². The van der Waals surface area contributed by atoms with E-state index >= 15 is 0 Å². The summed E-state index contributed by atoms with van der Waals surface area (Å²) in [4.78, 5) is 21.4. The van der Waals surface area contributed by atoms with Gasteiger partial charge in [-0.25, -0.2) is 9.97 Å². The predicted octanol–water partition coefficient (Wildman–Crippen LogP) is 1.66. The number of anilines is 1. The molecule has 1 heterocycles. The van der Waals surface area contributed by atoms with Gasteiger partial charge in [0, 0.05) is 17.8 Å². The first-order chi connectivity index (χ1) is 8.72. The minimum atomic E-state index is -0.813. The second-order valence-corrected chi connectivity index (χ2v) is 4.64. The first-order valence-electron chi connectivity index (χ1n) is 6.52. The van der Waals surface area contributed by atoms with Crippen molar-refractivity contribution in [3.8, 4) is 0 Å². The molecule has 0 aliphatic heterocycles. The summed E-state index contributed by atoms with van der Waals surface area (Å²) < 4.78 is 0. The number of aromatic nitrogens is 2. The van der Waals surface area contributed by atoms with Crippen molar-refractivity contribution in [2.45, 2.75) is 39.0 Å². The van der Waals surface area contributed by atoms with Gasteiger partial charge in [0.2, 0.25) is 0 Å². The van der Waals surface area contributed by atoms with Crippen LogP contribution in [-0.4, -0.2) is 34.1 Å². The zero-order chi connectivity index (χ0) is 13.0. The van der Waals surface area contributed by atoms with Gasteiger partial charge in [-0.05, 0) is 32.1 Å². The number of nitrogens with zero attached hydrogens (tertiary/aromatic N) is 3. The normalized spacial score (nSPS) is 14.1. The Balaban J connectivity index is 2.31. The molecule has 1 aliphatic rings. The number of rotatable bonds is 5. The first-order valence-corrected chi connectivity index (χ1v) is 6.52. The Morgan fingerprint density at radius 1 is 1.39 bits per heavy atom. The monoisotopic (exact) mass is 249 g/mol. The summed E-state index contributed by atoms with van der Waals surface area (Å²) in [6, 6.07) is 0. The fourth-order valence-corrected chi connectivity index (χ4v) is 2.47. The fourth-order valence-electron chi connectivity index (χ4n) is 2.47. The molecule has 98 valence electrons. The molecule has 0 amide bonds. The standard InChI is InChI=1S/C13H19N3O2/c1-2-7-16(8-12(17)18)13-10-5-3-4-6-11(10)14-9-15-13/h9H,2-8H2,1H3,(H,17,18). The van der Waals surface area contributed by atoms with Gasteiger partial charge < -0.3 is 10.0 Å². The van der Waals surface area contributed by atoms with Gasteiger partial charge in [-0.3, -0.25) is 4.79 Å². The van der Waals surface area contributed by atoms with E-state index in [9.17, 15) is 4.79 Å². The number of carboxylic acid groups (broad SMARTS) is 1. The van der Waals surface area contributed by atoms with E-state index in [1.165, 1.54) is 0 Å². The van der Waals surface area contributed by atoms with Gasteiger partial charge in [-0.2, -0.15) is 0 Å². The van der Waals surface area contributed by atoms with Gasteiger partial charge in [0.15, 0.2) is 0 Å². The third kappa shape index (κ3) is 2.78. The smallest absolute Gasteiger partial charge is 0.323 e. The van der Waals surface area contributed by atoms with Gasteiger partial charge in [-0.15, -0.1) is 0 Å². The second kappa shape index (κ2) is 5.80. The largest absolute Gasteiger partial charge is 0.480 e. The van der Waals surface area contributed by atoms with Crippen molar-refractivity contribution in [1.29, 1.82) is 0 Å². The lowest BCUT2D eigenvalue weighted by Gasteiger charge is -2.26. The molecule has 0 radical (unpaired) electrons. The lowest BCUT2D eigenvalue weighted by atomic mass is 9.96. The van der Waals surface area contributed by atoms with Crippen LogP contribution >= 0.6 is 0 Å². The molecule has 1 aromatic rings. The van der Waals surface area contributed by atoms with Crippen molar-refractivity contribution in [1.82, 2.24) is 9.97 Å². The van der Waals surface area contributed by atoms with Crippen LogP contribution in [0.3, 0.4) is 0 Å². The molecule has 5 heteroatoms. The molecule has 2 rings (SSSR count). The number of fused-ring (bicyclic) bond motifs is 1. The molecule has 0 spiro atoms. The Hall–Kier alpha value is -1.65.